The van der Waals surface area contributed by atoms with E-state index in [1.54, 1.807) is 27.4 Å². The van der Waals surface area contributed by atoms with E-state index in [2.05, 4.69) is 129 Å². The first-order chi connectivity index (χ1) is 19.3. The largest absolute Gasteiger partial charge is 1.00 e. The molecule has 5 rings (SSSR count). The molecule has 0 spiro atoms. The number of hydrogen-bond acceptors (Lipinski definition) is 0. The van der Waals surface area contributed by atoms with E-state index in [1.165, 1.54) is 75.8 Å². The number of aryl methyl sites for hydroxylation is 2. The average molecular weight is 693 g/mol. The van der Waals surface area contributed by atoms with E-state index in [0.717, 1.165) is 12.8 Å². The van der Waals surface area contributed by atoms with Crippen molar-refractivity contribution in [3.63, 3.8) is 0 Å². The summed E-state index contributed by atoms with van der Waals surface area (Å²) in [5.74, 6) is 0. The normalized spacial score (nSPS) is 12.5. The molecule has 0 bridgehead atoms. The Morgan fingerprint density at radius 3 is 2.00 bits per heavy atom. The number of hydrogen-bond donors (Lipinski definition) is 0. The Balaban J connectivity index is 0.000000390. The van der Waals surface area contributed by atoms with Gasteiger partial charge in [0.2, 0.25) is 0 Å². The van der Waals surface area contributed by atoms with Gasteiger partial charge in [-0.15, -0.1) is 23.1 Å². The summed E-state index contributed by atoms with van der Waals surface area (Å²) >= 11 is 1.61. The Hall–Kier alpha value is -1.53. The van der Waals surface area contributed by atoms with Gasteiger partial charge in [-0.05, 0) is 35.4 Å². The third-order valence-electron chi connectivity index (χ3n) is 7.76. The van der Waals surface area contributed by atoms with Crippen LogP contribution in [0.1, 0.15) is 113 Å². The number of halogens is 2. The van der Waals surface area contributed by atoms with Gasteiger partial charge in [0.1, 0.15) is 0 Å². The van der Waals surface area contributed by atoms with Gasteiger partial charge in [-0.25, -0.2) is 12.2 Å². The zero-order valence-electron chi connectivity index (χ0n) is 27.8. The van der Waals surface area contributed by atoms with E-state index in [-0.39, 0.29) is 35.6 Å². The Bertz CT molecular complexity index is 1310. The molecule has 0 aliphatic heterocycles. The molecule has 0 aromatic heterocycles. The van der Waals surface area contributed by atoms with Crippen LogP contribution in [0.4, 0.5) is 0 Å². The maximum atomic E-state index is 3.69. The van der Waals surface area contributed by atoms with Crippen molar-refractivity contribution >= 4 is 3.21 Å². The van der Waals surface area contributed by atoms with Gasteiger partial charge in [0, 0.05) is 0 Å². The molecule has 0 radical (unpaired) electrons. The Labute approximate surface area is 291 Å². The quantitative estimate of drug-likeness (QED) is 0.266. The molecule has 0 N–H and O–H groups in total. The Kier molecular flexibility index (Phi) is 16.4. The fourth-order valence-corrected chi connectivity index (χ4v) is 6.62. The second-order valence-corrected chi connectivity index (χ2v) is 15.3. The van der Waals surface area contributed by atoms with Crippen LogP contribution in [-0.2, 0) is 47.9 Å². The minimum Gasteiger partial charge on any atom is -1.00 e. The molecule has 2 aliphatic carbocycles. The number of allylic oxidation sites excluding steroid dienone is 4. The van der Waals surface area contributed by atoms with Crippen molar-refractivity contribution in [3.8, 4) is 11.1 Å². The van der Waals surface area contributed by atoms with Crippen LogP contribution in [0, 0.1) is 26.0 Å². The molecule has 2 aliphatic rings. The first-order valence-corrected chi connectivity index (χ1v) is 16.6. The second kappa shape index (κ2) is 17.8. The van der Waals surface area contributed by atoms with Crippen LogP contribution in [0.3, 0.4) is 0 Å². The van der Waals surface area contributed by atoms with Crippen LogP contribution in [-0.4, -0.2) is 3.21 Å². The fourth-order valence-electron chi connectivity index (χ4n) is 5.68. The van der Waals surface area contributed by atoms with Crippen LogP contribution in [0.25, 0.3) is 11.1 Å². The predicted molar refractivity (Wildman–Crippen MR) is 177 cm³/mol. The summed E-state index contributed by atoms with van der Waals surface area (Å²) in [6.07, 6.45) is 16.2. The maximum absolute atomic E-state index is 3.69. The molecular weight excluding hydrogens is 643 g/mol. The van der Waals surface area contributed by atoms with E-state index in [1.807, 2.05) is 12.2 Å². The van der Waals surface area contributed by atoms with Gasteiger partial charge < -0.3 is 24.8 Å². The van der Waals surface area contributed by atoms with Gasteiger partial charge >= 0.3 is 95.9 Å². The topological polar surface area (TPSA) is 0 Å². The molecule has 230 valence electrons. The molecule has 0 amide bonds. The minimum atomic E-state index is 0. The fraction of sp³-hybridized carbons (Fsp3) is 0.425. The van der Waals surface area contributed by atoms with Crippen molar-refractivity contribution in [3.05, 3.63) is 118 Å². The molecule has 0 heterocycles. The predicted octanol–water partition coefficient (Wildman–Crippen LogP) is 4.72. The van der Waals surface area contributed by atoms with Crippen molar-refractivity contribution in [2.24, 2.45) is 0 Å². The summed E-state index contributed by atoms with van der Waals surface area (Å²) in [6, 6.07) is 21.7. The SMILES string of the molecule is CCCC[C](=[Zr+2])Cc1ccccc1.Cc1[c-]c2c(cc1C(C)(C)C)-c1cc(C(C)(C)C)c(C)cc1C2.[C-]1=CC=CC1.[Cl-].[Cl-]. The van der Waals surface area contributed by atoms with E-state index < -0.39 is 0 Å². The van der Waals surface area contributed by atoms with Crippen LogP contribution >= 0.6 is 0 Å². The van der Waals surface area contributed by atoms with E-state index in [9.17, 15) is 0 Å². The van der Waals surface area contributed by atoms with Gasteiger partial charge in [0.05, 0.1) is 0 Å². The van der Waals surface area contributed by atoms with Crippen molar-refractivity contribution in [1.29, 1.82) is 0 Å². The summed E-state index contributed by atoms with van der Waals surface area (Å²) in [5, 5.41) is 0. The number of benzene rings is 3. The second-order valence-electron chi connectivity index (χ2n) is 13.6. The minimum absolute atomic E-state index is 0. The van der Waals surface area contributed by atoms with Crippen LogP contribution in [0.2, 0.25) is 0 Å². The first-order valence-electron chi connectivity index (χ1n) is 15.3. The number of fused-ring (bicyclic) bond motifs is 3. The Morgan fingerprint density at radius 2 is 1.49 bits per heavy atom. The summed E-state index contributed by atoms with van der Waals surface area (Å²) in [7, 11) is 0. The van der Waals surface area contributed by atoms with Gasteiger partial charge in [-0.2, -0.15) is 23.8 Å². The molecule has 0 unspecified atom stereocenters. The van der Waals surface area contributed by atoms with Crippen LogP contribution < -0.4 is 24.8 Å². The zero-order chi connectivity index (χ0) is 30.2. The van der Waals surface area contributed by atoms with Gasteiger partial charge in [0.15, 0.2) is 0 Å². The van der Waals surface area contributed by atoms with Crippen molar-refractivity contribution < 1.29 is 49.0 Å². The summed E-state index contributed by atoms with van der Waals surface area (Å²) < 4.78 is 1.69. The van der Waals surface area contributed by atoms with Crippen LogP contribution in [0.5, 0.6) is 0 Å². The van der Waals surface area contributed by atoms with E-state index in [0.29, 0.717) is 0 Å². The van der Waals surface area contributed by atoms with Crippen LogP contribution in [0.15, 0.2) is 66.8 Å². The Morgan fingerprint density at radius 1 is 0.860 bits per heavy atom. The molecule has 0 saturated carbocycles. The molecule has 3 heteroatoms. The monoisotopic (exact) mass is 690 g/mol. The van der Waals surface area contributed by atoms with Crippen molar-refractivity contribution in [1.82, 2.24) is 0 Å². The molecule has 3 aromatic rings. The first kappa shape index (κ1) is 39.5. The molecule has 0 fully saturated rings. The standard InChI is InChI=1S/C23H29.C12H16.C5H5.2ClH.Zr/c1-14-9-16-11-17-10-15(2)21(23(6,7)8)13-19(17)18(16)12-20(14)22(3,4)5;1-2-3-4-6-9-12-10-7-5-8-11-12;1-2-4-5-3-1;;;/h9,12-13H,11H2,1-8H3;5,7-8,10-11H,2-4,9H2,1H3;1-3H,4H2;2*1H;/q-1;;-1;;;+2/p-2. The smallest absolute Gasteiger partial charge is 0.0129 e. The zero-order valence-corrected chi connectivity index (χ0v) is 31.8. The van der Waals surface area contributed by atoms with Gasteiger partial charge in [-0.1, -0.05) is 71.6 Å². The molecule has 0 atom stereocenters. The number of rotatable bonds is 5. The van der Waals surface area contributed by atoms with Gasteiger partial charge in [0.25, 0.3) is 0 Å². The summed E-state index contributed by atoms with van der Waals surface area (Å²) in [6.45, 7) is 20.5. The summed E-state index contributed by atoms with van der Waals surface area (Å²) in [5.41, 5.74) is 13.1. The van der Waals surface area contributed by atoms with Gasteiger partial charge in [-0.3, -0.25) is 6.08 Å². The molecular formula is C40H50Cl2Zr-2. The van der Waals surface area contributed by atoms with Crippen molar-refractivity contribution in [2.45, 2.75) is 112 Å². The van der Waals surface area contributed by atoms with E-state index >= 15 is 0 Å². The molecule has 0 saturated heterocycles. The number of unbranched alkanes of at least 4 members (excludes halogenated alkanes) is 1. The maximum Gasteiger partial charge on any atom is -0.0129 e. The van der Waals surface area contributed by atoms with Crippen molar-refractivity contribution in [2.75, 3.05) is 0 Å². The summed E-state index contributed by atoms with van der Waals surface area (Å²) in [4.78, 5) is 0. The third-order valence-corrected chi connectivity index (χ3v) is 8.81. The third kappa shape index (κ3) is 11.7. The molecule has 43 heavy (non-hydrogen) atoms. The molecule has 0 nitrogen and oxygen atoms in total. The molecule has 3 aromatic carbocycles. The van der Waals surface area contributed by atoms with E-state index in [4.69, 9.17) is 0 Å². The average Bonchev–Trinajstić information content (AvgIpc) is 3.58.